The zero-order chi connectivity index (χ0) is 10.8. The van der Waals surface area contributed by atoms with E-state index in [1.54, 1.807) is 0 Å². The SMILES string of the molecule is O=[C]c1ccc(C(=O)C(F)(F)F)cc1. The van der Waals surface area contributed by atoms with Crippen LogP contribution in [0, 0.1) is 0 Å². The average Bonchev–Trinajstić information content (AvgIpc) is 2.15. The zero-order valence-corrected chi connectivity index (χ0v) is 6.76. The number of benzene rings is 1. The highest BCUT2D eigenvalue weighted by molar-refractivity contribution is 6.00. The molecule has 0 spiro atoms. The molecule has 14 heavy (non-hydrogen) atoms. The van der Waals surface area contributed by atoms with Crippen molar-refractivity contribution in [2.75, 3.05) is 0 Å². The van der Waals surface area contributed by atoms with Crippen LogP contribution in [0.15, 0.2) is 24.3 Å². The zero-order valence-electron chi connectivity index (χ0n) is 6.76. The summed E-state index contributed by atoms with van der Waals surface area (Å²) < 4.78 is 35.7. The predicted molar refractivity (Wildman–Crippen MR) is 41.6 cm³/mol. The van der Waals surface area contributed by atoms with Crippen LogP contribution < -0.4 is 0 Å². The van der Waals surface area contributed by atoms with Gasteiger partial charge in [-0.3, -0.25) is 9.59 Å². The van der Waals surface area contributed by atoms with E-state index in [2.05, 4.69) is 0 Å². The average molecular weight is 201 g/mol. The highest BCUT2D eigenvalue weighted by Gasteiger charge is 2.39. The number of halogens is 3. The van der Waals surface area contributed by atoms with Gasteiger partial charge in [0.25, 0.3) is 5.78 Å². The van der Waals surface area contributed by atoms with Gasteiger partial charge in [0.15, 0.2) is 0 Å². The number of Topliss-reactive ketones (excluding diaryl/α,β-unsaturated/α-hetero) is 1. The van der Waals surface area contributed by atoms with Crippen molar-refractivity contribution >= 4 is 12.1 Å². The molecule has 1 aromatic carbocycles. The molecular formula is C9H4F3O2. The van der Waals surface area contributed by atoms with Gasteiger partial charge in [-0.05, 0) is 0 Å². The third-order valence-electron chi connectivity index (χ3n) is 1.52. The Labute approximate surface area is 77.3 Å². The lowest BCUT2D eigenvalue weighted by atomic mass is 10.1. The van der Waals surface area contributed by atoms with E-state index in [1.165, 1.54) is 6.29 Å². The second-order valence-corrected chi connectivity index (χ2v) is 2.51. The Morgan fingerprint density at radius 1 is 1.14 bits per heavy atom. The lowest BCUT2D eigenvalue weighted by Gasteiger charge is -2.04. The van der Waals surface area contributed by atoms with Gasteiger partial charge >= 0.3 is 6.18 Å². The minimum Gasteiger partial charge on any atom is -0.285 e. The van der Waals surface area contributed by atoms with Gasteiger partial charge in [-0.1, -0.05) is 24.3 Å². The standard InChI is InChI=1S/C9H4F3O2/c10-9(11,12)8(14)7-3-1-6(5-13)2-4-7/h1-4H. The number of carbonyl (C=O) groups excluding carboxylic acids is 2. The molecule has 0 atom stereocenters. The molecule has 0 unspecified atom stereocenters. The maximum Gasteiger partial charge on any atom is 0.454 e. The maximum atomic E-state index is 11.9. The fraction of sp³-hybridized carbons (Fsp3) is 0.111. The van der Waals surface area contributed by atoms with E-state index >= 15 is 0 Å². The Kier molecular flexibility index (Phi) is 2.69. The molecule has 1 rings (SSSR count). The summed E-state index contributed by atoms with van der Waals surface area (Å²) in [7, 11) is 0. The molecule has 5 heteroatoms. The van der Waals surface area contributed by atoms with E-state index < -0.39 is 17.5 Å². The van der Waals surface area contributed by atoms with Crippen molar-refractivity contribution in [2.45, 2.75) is 6.18 Å². The van der Waals surface area contributed by atoms with Crippen molar-refractivity contribution in [1.82, 2.24) is 0 Å². The summed E-state index contributed by atoms with van der Waals surface area (Å²) >= 11 is 0. The summed E-state index contributed by atoms with van der Waals surface area (Å²) in [4.78, 5) is 20.7. The minimum atomic E-state index is -4.88. The van der Waals surface area contributed by atoms with Crippen LogP contribution in [-0.4, -0.2) is 18.2 Å². The molecular weight excluding hydrogens is 197 g/mol. The van der Waals surface area contributed by atoms with Gasteiger partial charge in [0.1, 0.15) is 0 Å². The molecule has 0 bridgehead atoms. The smallest absolute Gasteiger partial charge is 0.285 e. The summed E-state index contributed by atoms with van der Waals surface area (Å²) in [6.07, 6.45) is -3.39. The predicted octanol–water partition coefficient (Wildman–Crippen LogP) is 1.89. The van der Waals surface area contributed by atoms with Gasteiger partial charge in [0.2, 0.25) is 6.29 Å². The van der Waals surface area contributed by atoms with Crippen LogP contribution in [0.5, 0.6) is 0 Å². The third-order valence-corrected chi connectivity index (χ3v) is 1.52. The first kappa shape index (κ1) is 10.4. The molecule has 1 radical (unpaired) electrons. The van der Waals surface area contributed by atoms with E-state index in [0.29, 0.717) is 0 Å². The van der Waals surface area contributed by atoms with E-state index in [0.717, 1.165) is 24.3 Å². The van der Waals surface area contributed by atoms with Crippen LogP contribution >= 0.6 is 0 Å². The Morgan fingerprint density at radius 3 is 2.00 bits per heavy atom. The third kappa shape index (κ3) is 2.18. The van der Waals surface area contributed by atoms with Crippen molar-refractivity contribution in [3.63, 3.8) is 0 Å². The number of hydrogen-bond acceptors (Lipinski definition) is 2. The Hall–Kier alpha value is -1.65. The molecule has 0 aliphatic carbocycles. The fourth-order valence-electron chi connectivity index (χ4n) is 0.853. The molecule has 0 saturated heterocycles. The first-order valence-corrected chi connectivity index (χ1v) is 3.55. The molecule has 0 aliphatic heterocycles. The molecule has 0 aromatic heterocycles. The summed E-state index contributed by atoms with van der Waals surface area (Å²) in [6, 6.07) is 4.09. The Morgan fingerprint density at radius 2 is 1.64 bits per heavy atom. The van der Waals surface area contributed by atoms with Crippen LogP contribution in [0.1, 0.15) is 15.9 Å². The second-order valence-electron chi connectivity index (χ2n) is 2.51. The molecule has 0 aliphatic rings. The van der Waals surface area contributed by atoms with E-state index in [4.69, 9.17) is 0 Å². The van der Waals surface area contributed by atoms with Gasteiger partial charge in [-0.2, -0.15) is 13.2 Å². The number of rotatable bonds is 2. The van der Waals surface area contributed by atoms with Crippen molar-refractivity contribution in [3.05, 3.63) is 35.4 Å². The molecule has 73 valence electrons. The van der Waals surface area contributed by atoms with Crippen LogP contribution in [-0.2, 0) is 4.79 Å². The number of hydrogen-bond donors (Lipinski definition) is 0. The quantitative estimate of drug-likeness (QED) is 0.684. The Bertz CT molecular complexity index is 351. The molecule has 0 N–H and O–H groups in total. The van der Waals surface area contributed by atoms with Crippen LogP contribution in [0.2, 0.25) is 0 Å². The first-order chi connectivity index (χ1) is 6.45. The second kappa shape index (κ2) is 3.61. The molecule has 0 fully saturated rings. The number of alkyl halides is 3. The highest BCUT2D eigenvalue weighted by Crippen LogP contribution is 2.21. The fourth-order valence-corrected chi connectivity index (χ4v) is 0.853. The molecule has 0 heterocycles. The van der Waals surface area contributed by atoms with Gasteiger partial charge in [0.05, 0.1) is 0 Å². The van der Waals surface area contributed by atoms with Crippen LogP contribution in [0.3, 0.4) is 0 Å². The van der Waals surface area contributed by atoms with Gasteiger partial charge in [0, 0.05) is 11.1 Å². The lowest BCUT2D eigenvalue weighted by Crippen LogP contribution is -2.22. The van der Waals surface area contributed by atoms with Crippen molar-refractivity contribution < 1.29 is 22.8 Å². The lowest BCUT2D eigenvalue weighted by molar-refractivity contribution is -0.0885. The van der Waals surface area contributed by atoms with Crippen LogP contribution in [0.4, 0.5) is 13.2 Å². The maximum absolute atomic E-state index is 11.9. The topological polar surface area (TPSA) is 34.1 Å². The number of ketones is 1. The monoisotopic (exact) mass is 201 g/mol. The van der Waals surface area contributed by atoms with Gasteiger partial charge in [-0.25, -0.2) is 0 Å². The molecule has 1 aromatic rings. The normalized spacial score (nSPS) is 11.1. The van der Waals surface area contributed by atoms with E-state index in [-0.39, 0.29) is 5.56 Å². The first-order valence-electron chi connectivity index (χ1n) is 3.55. The summed E-state index contributed by atoms with van der Waals surface area (Å²) in [5.74, 6) is -1.92. The largest absolute Gasteiger partial charge is 0.454 e. The van der Waals surface area contributed by atoms with Gasteiger partial charge < -0.3 is 0 Å². The van der Waals surface area contributed by atoms with Crippen molar-refractivity contribution in [1.29, 1.82) is 0 Å². The van der Waals surface area contributed by atoms with Crippen molar-refractivity contribution in [3.8, 4) is 0 Å². The summed E-state index contributed by atoms with van der Waals surface area (Å²) in [5.41, 5.74) is -0.389. The summed E-state index contributed by atoms with van der Waals surface area (Å²) in [5, 5.41) is 0. The highest BCUT2D eigenvalue weighted by atomic mass is 19.4. The van der Waals surface area contributed by atoms with Crippen molar-refractivity contribution in [2.24, 2.45) is 0 Å². The van der Waals surface area contributed by atoms with Gasteiger partial charge in [-0.15, -0.1) is 0 Å². The summed E-state index contributed by atoms with van der Waals surface area (Å²) in [6.45, 7) is 0. The van der Waals surface area contributed by atoms with E-state index in [9.17, 15) is 22.8 Å². The van der Waals surface area contributed by atoms with Crippen LogP contribution in [0.25, 0.3) is 0 Å². The molecule has 2 nitrogen and oxygen atoms in total. The molecule has 0 amide bonds. The van der Waals surface area contributed by atoms with E-state index in [1.807, 2.05) is 0 Å². The molecule has 0 saturated carbocycles. The Balaban J connectivity index is 2.98. The minimum absolute atomic E-state index is 0.101. The number of carbonyl (C=O) groups is 1.